The van der Waals surface area contributed by atoms with Gasteiger partial charge in [-0.15, -0.1) is 0 Å². The average Bonchev–Trinajstić information content (AvgIpc) is 1.62. The maximum absolute atomic E-state index is 10.0. The van der Waals surface area contributed by atoms with E-state index in [1.807, 2.05) is 0 Å². The first-order valence-corrected chi connectivity index (χ1v) is 2.61. The van der Waals surface area contributed by atoms with Crippen LogP contribution in [0.4, 0.5) is 0 Å². The summed E-state index contributed by atoms with van der Waals surface area (Å²) >= 11 is 14.7. The molecule has 0 aliphatic heterocycles. The topological polar surface area (TPSA) is 37.0 Å². The van der Waals surface area contributed by atoms with Crippen LogP contribution in [-0.4, -0.2) is 9.73 Å². The minimum absolute atomic E-state index is 0.920. The lowest BCUT2D eigenvalue weighted by Crippen LogP contribution is -2.04. The third-order valence-electron chi connectivity index (χ3n) is 0.350. The van der Waals surface area contributed by atoms with Crippen molar-refractivity contribution in [3.63, 3.8) is 0 Å². The van der Waals surface area contributed by atoms with Crippen LogP contribution in [0.25, 0.3) is 0 Å². The van der Waals surface area contributed by atoms with Gasteiger partial charge in [-0.25, -0.2) is 4.79 Å². The maximum Gasteiger partial charge on any atom is 0.289 e. The number of halogens is 3. The molecule has 0 spiro atoms. The van der Waals surface area contributed by atoms with Gasteiger partial charge in [-0.1, -0.05) is 34.8 Å². The third kappa shape index (κ3) is 2.43. The summed E-state index contributed by atoms with van der Waals surface area (Å²) in [6.07, 6.45) is 0. The highest BCUT2D eigenvalue weighted by Crippen LogP contribution is 2.31. The first-order valence-electron chi connectivity index (χ1n) is 1.48. The Labute approximate surface area is 60.6 Å². The Bertz CT molecular complexity index is 130. The van der Waals surface area contributed by atoms with Gasteiger partial charge in [-0.3, -0.25) is 5.11 Å². The Morgan fingerprint density at radius 1 is 1.38 bits per heavy atom. The van der Waals surface area contributed by atoms with Gasteiger partial charge >= 0.3 is 0 Å². The van der Waals surface area contributed by atoms with Gasteiger partial charge in [0.25, 0.3) is 9.55 Å². The molecule has 0 rings (SSSR count). The number of hydrogen-bond donors (Lipinski definition) is 0. The quantitative estimate of drug-likeness (QED) is 0.311. The lowest BCUT2D eigenvalue weighted by Gasteiger charge is -1.99. The van der Waals surface area contributed by atoms with E-state index in [2.05, 4.69) is 0 Å². The lowest BCUT2D eigenvalue weighted by atomic mass is 10.6. The molecule has 0 saturated heterocycles. The Hall–Kier alpha value is 0.120. The van der Waals surface area contributed by atoms with E-state index in [4.69, 9.17) is 34.8 Å². The van der Waals surface area contributed by atoms with Gasteiger partial charge in [0, 0.05) is 0 Å². The fraction of sp³-hybridized carbons (Fsp3) is 0.333. The molecule has 0 aromatic carbocycles. The maximum atomic E-state index is 10.0. The molecule has 8 heavy (non-hydrogen) atoms. The van der Waals surface area contributed by atoms with Crippen molar-refractivity contribution in [2.75, 3.05) is 0 Å². The first kappa shape index (κ1) is 8.12. The van der Waals surface area contributed by atoms with Crippen molar-refractivity contribution in [2.24, 2.45) is 0 Å². The van der Waals surface area contributed by atoms with Crippen LogP contribution in [0.5, 0.6) is 0 Å². The van der Waals surface area contributed by atoms with Gasteiger partial charge in [0.2, 0.25) is 0 Å². The van der Waals surface area contributed by atoms with Crippen molar-refractivity contribution in [3.8, 4) is 0 Å². The zero-order chi connectivity index (χ0) is 6.78. The Morgan fingerprint density at radius 2 is 1.75 bits per heavy atom. The van der Waals surface area contributed by atoms with E-state index >= 15 is 0 Å². The van der Waals surface area contributed by atoms with E-state index < -0.39 is 9.55 Å². The van der Waals surface area contributed by atoms with E-state index in [1.54, 1.807) is 0 Å². The summed E-state index contributed by atoms with van der Waals surface area (Å²) in [4.78, 5) is 9.42. The normalized spacial score (nSPS) is 10.4. The van der Waals surface area contributed by atoms with Crippen molar-refractivity contribution in [1.82, 2.24) is 0 Å². The van der Waals surface area contributed by atoms with Crippen molar-refractivity contribution in [1.29, 1.82) is 0 Å². The highest BCUT2D eigenvalue weighted by molar-refractivity contribution is 6.69. The largest absolute Gasteiger partial charge is 0.289 e. The summed E-state index contributed by atoms with van der Waals surface area (Å²) < 4.78 is -2.14. The molecule has 5 heteroatoms. The van der Waals surface area contributed by atoms with Crippen molar-refractivity contribution >= 4 is 40.7 Å². The van der Waals surface area contributed by atoms with Gasteiger partial charge in [0.05, 0.1) is 0 Å². The van der Waals surface area contributed by atoms with Crippen molar-refractivity contribution in [2.45, 2.75) is 3.79 Å². The minimum Gasteiger partial charge on any atom is -0.277 e. The van der Waals surface area contributed by atoms with Crippen molar-refractivity contribution in [3.05, 3.63) is 5.76 Å². The van der Waals surface area contributed by atoms with Gasteiger partial charge in [-0.2, -0.15) is 0 Å². The van der Waals surface area contributed by atoms with Crippen LogP contribution in [-0.2, 0) is 9.90 Å². The van der Waals surface area contributed by atoms with Crippen molar-refractivity contribution < 1.29 is 9.90 Å². The van der Waals surface area contributed by atoms with Gasteiger partial charge in [-0.05, 0) is 0 Å². The van der Waals surface area contributed by atoms with Gasteiger partial charge in [0.15, 0.2) is 5.94 Å². The van der Waals surface area contributed by atoms with E-state index in [0.29, 0.717) is 0 Å². The van der Waals surface area contributed by atoms with Crippen LogP contribution in [0, 0.1) is 0 Å². The summed E-state index contributed by atoms with van der Waals surface area (Å²) in [6, 6.07) is 0. The highest BCUT2D eigenvalue weighted by atomic mass is 35.6. The summed E-state index contributed by atoms with van der Waals surface area (Å²) in [6.45, 7) is 0. The number of allylic oxidation sites excluding steroid dienone is 1. The Morgan fingerprint density at radius 3 is 1.75 bits per heavy atom. The molecule has 0 N–H and O–H groups in total. The molecule has 45 valence electrons. The predicted octanol–water partition coefficient (Wildman–Crippen LogP) is 1.50. The second kappa shape index (κ2) is 2.60. The second-order valence-corrected chi connectivity index (χ2v) is 3.21. The van der Waals surface area contributed by atoms with E-state index in [-0.39, 0.29) is 0 Å². The fourth-order valence-corrected chi connectivity index (χ4v) is 0.174. The molecule has 0 aromatic rings. The summed E-state index contributed by atoms with van der Waals surface area (Å²) in [5, 5.41) is 10.0. The molecule has 1 radical (unpaired) electrons. The van der Waals surface area contributed by atoms with Crippen LogP contribution in [0.2, 0.25) is 0 Å². The van der Waals surface area contributed by atoms with E-state index in [9.17, 15) is 9.90 Å². The molecule has 0 fully saturated rings. The number of hydrogen-bond acceptors (Lipinski definition) is 1. The lowest BCUT2D eigenvalue weighted by molar-refractivity contribution is 0.294. The number of alkyl halides is 3. The molecular weight excluding hydrogens is 174 g/mol. The molecule has 2 nitrogen and oxygen atoms in total. The van der Waals surface area contributed by atoms with Gasteiger partial charge in [0.1, 0.15) is 0 Å². The molecule has 0 aliphatic carbocycles. The molecule has 0 atom stereocenters. The van der Waals surface area contributed by atoms with Crippen LogP contribution in [0.1, 0.15) is 0 Å². The summed E-state index contributed by atoms with van der Waals surface area (Å²) in [7, 11) is 0. The van der Waals surface area contributed by atoms with Crippen LogP contribution >= 0.6 is 34.8 Å². The van der Waals surface area contributed by atoms with E-state index in [0.717, 1.165) is 5.94 Å². The number of rotatable bonds is 0. The Balaban J connectivity index is 4.26. The van der Waals surface area contributed by atoms with Crippen LogP contribution in [0.3, 0.4) is 0 Å². The average molecular weight is 174 g/mol. The minimum atomic E-state index is -2.14. The summed E-state index contributed by atoms with van der Waals surface area (Å²) in [5.74, 6) is -0.258. The third-order valence-corrected chi connectivity index (χ3v) is 0.865. The molecule has 0 aliphatic rings. The predicted molar refractivity (Wildman–Crippen MR) is 30.2 cm³/mol. The standard InChI is InChI=1S/C3Cl3O2/c4-3(5,6)2(8)1-7. The molecule has 0 heterocycles. The zero-order valence-electron chi connectivity index (χ0n) is 3.45. The second-order valence-electron chi connectivity index (χ2n) is 0.929. The van der Waals surface area contributed by atoms with Crippen LogP contribution in [0.15, 0.2) is 5.76 Å². The number of carbonyl (C=O) groups excluding carboxylic acids is 1. The molecule has 0 unspecified atom stereocenters. The highest BCUT2D eigenvalue weighted by Gasteiger charge is 2.29. The van der Waals surface area contributed by atoms with Crippen LogP contribution < -0.4 is 0 Å². The molecule has 0 saturated carbocycles. The van der Waals surface area contributed by atoms with Gasteiger partial charge < -0.3 is 0 Å². The smallest absolute Gasteiger partial charge is 0.277 e. The zero-order valence-corrected chi connectivity index (χ0v) is 5.72. The Kier molecular flexibility index (Phi) is 2.64. The molecule has 0 amide bonds. The molecule has 0 bridgehead atoms. The van der Waals surface area contributed by atoms with E-state index in [1.165, 1.54) is 0 Å². The molecular formula is C3Cl3O2. The first-order chi connectivity index (χ1) is 3.48. The molecule has 0 aromatic heterocycles. The summed E-state index contributed by atoms with van der Waals surface area (Å²) in [5.41, 5.74) is 0. The monoisotopic (exact) mass is 173 g/mol. The SMILES string of the molecule is [O]C(=C=O)C(Cl)(Cl)Cl. The fourth-order valence-electron chi connectivity index (χ4n) is 0.0579.